The highest BCUT2D eigenvalue weighted by atomic mass is 32.1. The molecule has 0 saturated carbocycles. The molecule has 3 aromatic rings. The lowest BCUT2D eigenvalue weighted by molar-refractivity contribution is -0.134. The van der Waals surface area contributed by atoms with Crippen LogP contribution in [0.5, 0.6) is 0 Å². The van der Waals surface area contributed by atoms with E-state index in [1.165, 1.54) is 24.2 Å². The highest BCUT2D eigenvalue weighted by molar-refractivity contribution is 7.19. The van der Waals surface area contributed by atoms with E-state index in [0.717, 1.165) is 54.9 Å². The van der Waals surface area contributed by atoms with Crippen molar-refractivity contribution in [3.05, 3.63) is 35.7 Å². The molecule has 4 heterocycles. The third-order valence-electron chi connectivity index (χ3n) is 7.14. The van der Waals surface area contributed by atoms with E-state index in [2.05, 4.69) is 24.0 Å². The summed E-state index contributed by atoms with van der Waals surface area (Å²) in [6, 6.07) is 8.61. The molecule has 5 rings (SSSR count). The number of carbonyl (C=O) groups is 2. The summed E-state index contributed by atoms with van der Waals surface area (Å²) < 4.78 is 1.69. The van der Waals surface area contributed by atoms with Crippen molar-refractivity contribution in [3.63, 3.8) is 0 Å². The molecule has 2 fully saturated rings. The Kier molecular flexibility index (Phi) is 6.63. The fourth-order valence-corrected chi connectivity index (χ4v) is 6.00. The summed E-state index contributed by atoms with van der Waals surface area (Å²) in [5.74, 6) is 0.851. The molecule has 8 nitrogen and oxygen atoms in total. The first-order chi connectivity index (χ1) is 16.5. The molecular formula is C25H32N6O2S. The van der Waals surface area contributed by atoms with Crippen molar-refractivity contribution >= 4 is 28.1 Å². The average molecular weight is 481 g/mol. The summed E-state index contributed by atoms with van der Waals surface area (Å²) in [6.07, 6.45) is 7.26. The van der Waals surface area contributed by atoms with Gasteiger partial charge in [0.1, 0.15) is 5.01 Å². The predicted molar refractivity (Wildman–Crippen MR) is 132 cm³/mol. The molecule has 2 aliphatic heterocycles. The Morgan fingerprint density at radius 2 is 1.62 bits per heavy atom. The van der Waals surface area contributed by atoms with Crippen molar-refractivity contribution in [1.29, 1.82) is 0 Å². The number of hydrogen-bond acceptors (Lipinski definition) is 6. The van der Waals surface area contributed by atoms with Gasteiger partial charge in [0.15, 0.2) is 5.82 Å². The minimum Gasteiger partial charge on any atom is -0.340 e. The van der Waals surface area contributed by atoms with E-state index in [1.807, 2.05) is 34.1 Å². The molecule has 1 aromatic carbocycles. The van der Waals surface area contributed by atoms with Gasteiger partial charge in [-0.05, 0) is 64.0 Å². The van der Waals surface area contributed by atoms with E-state index in [4.69, 9.17) is 5.10 Å². The van der Waals surface area contributed by atoms with Gasteiger partial charge < -0.3 is 9.80 Å². The van der Waals surface area contributed by atoms with E-state index in [0.29, 0.717) is 23.2 Å². The number of benzene rings is 1. The van der Waals surface area contributed by atoms with Gasteiger partial charge in [-0.3, -0.25) is 9.59 Å². The first-order valence-corrected chi connectivity index (χ1v) is 13.2. The van der Waals surface area contributed by atoms with E-state index >= 15 is 0 Å². The summed E-state index contributed by atoms with van der Waals surface area (Å²) in [5.41, 5.74) is 1.94. The lowest BCUT2D eigenvalue weighted by atomic mass is 10.0. The largest absolute Gasteiger partial charge is 0.340 e. The third kappa shape index (κ3) is 4.71. The van der Waals surface area contributed by atoms with Crippen LogP contribution in [0.2, 0.25) is 0 Å². The number of nitrogens with zero attached hydrogens (tertiary/aromatic N) is 6. The van der Waals surface area contributed by atoms with Crippen LogP contribution in [0, 0.1) is 0 Å². The van der Waals surface area contributed by atoms with Crippen LogP contribution in [0.15, 0.2) is 24.3 Å². The van der Waals surface area contributed by atoms with E-state index in [9.17, 15) is 9.59 Å². The topological polar surface area (TPSA) is 83.7 Å². The third-order valence-corrected chi connectivity index (χ3v) is 8.09. The minimum absolute atomic E-state index is 0.0866. The highest BCUT2D eigenvalue weighted by Crippen LogP contribution is 2.27. The van der Waals surface area contributed by atoms with Crippen molar-refractivity contribution in [2.24, 2.45) is 0 Å². The zero-order valence-corrected chi connectivity index (χ0v) is 20.8. The summed E-state index contributed by atoms with van der Waals surface area (Å²) >= 11 is 1.45. The highest BCUT2D eigenvalue weighted by Gasteiger charge is 2.26. The Balaban J connectivity index is 1.31. The van der Waals surface area contributed by atoms with E-state index in [1.54, 1.807) is 4.52 Å². The van der Waals surface area contributed by atoms with Gasteiger partial charge in [-0.1, -0.05) is 29.5 Å². The molecule has 0 radical (unpaired) electrons. The second-order valence-electron chi connectivity index (χ2n) is 9.64. The SMILES string of the molecule is C[C@@H]1CCCCN1C(=O)Cc1cccc(-c2nn3c(CC(=O)N4CCCC[C@H]4C)nnc3s2)c1. The lowest BCUT2D eigenvalue weighted by Gasteiger charge is -2.33. The van der Waals surface area contributed by atoms with Gasteiger partial charge in [-0.2, -0.15) is 9.61 Å². The number of carbonyl (C=O) groups excluding carboxylic acids is 2. The van der Waals surface area contributed by atoms with E-state index < -0.39 is 0 Å². The smallest absolute Gasteiger partial charge is 0.234 e. The Bertz CT molecular complexity index is 1190. The number of piperidine rings is 2. The molecule has 2 aromatic heterocycles. The molecular weight excluding hydrogens is 448 g/mol. The maximum Gasteiger partial charge on any atom is 0.234 e. The van der Waals surface area contributed by atoms with Gasteiger partial charge in [0.05, 0.1) is 12.8 Å². The second kappa shape index (κ2) is 9.82. The Morgan fingerprint density at radius 1 is 0.941 bits per heavy atom. The number of fused-ring (bicyclic) bond motifs is 1. The van der Waals surface area contributed by atoms with Crippen molar-refractivity contribution in [2.75, 3.05) is 13.1 Å². The monoisotopic (exact) mass is 480 g/mol. The Labute approximate surface area is 204 Å². The van der Waals surface area contributed by atoms with Crippen LogP contribution in [-0.4, -0.2) is 66.6 Å². The molecule has 0 aliphatic carbocycles. The van der Waals surface area contributed by atoms with Crippen LogP contribution in [0.25, 0.3) is 15.5 Å². The number of aromatic nitrogens is 4. The quantitative estimate of drug-likeness (QED) is 0.556. The normalized spacial score (nSPS) is 21.2. The van der Waals surface area contributed by atoms with Crippen LogP contribution in [0.1, 0.15) is 63.8 Å². The van der Waals surface area contributed by atoms with Gasteiger partial charge in [0, 0.05) is 30.7 Å². The number of likely N-dealkylation sites (tertiary alicyclic amines) is 2. The number of rotatable bonds is 5. The lowest BCUT2D eigenvalue weighted by Crippen LogP contribution is -2.43. The molecule has 0 spiro atoms. The molecule has 0 unspecified atom stereocenters. The molecule has 0 N–H and O–H groups in total. The van der Waals surface area contributed by atoms with Crippen molar-refractivity contribution in [2.45, 2.75) is 77.3 Å². The first kappa shape index (κ1) is 23.0. The molecule has 2 amide bonds. The average Bonchev–Trinajstić information content (AvgIpc) is 3.42. The second-order valence-corrected chi connectivity index (χ2v) is 10.6. The maximum atomic E-state index is 12.9. The van der Waals surface area contributed by atoms with Gasteiger partial charge >= 0.3 is 0 Å². The molecule has 180 valence electrons. The molecule has 2 saturated heterocycles. The van der Waals surface area contributed by atoms with Crippen LogP contribution in [0.4, 0.5) is 0 Å². The zero-order valence-electron chi connectivity index (χ0n) is 19.9. The summed E-state index contributed by atoms with van der Waals surface area (Å²) in [7, 11) is 0. The van der Waals surface area contributed by atoms with Crippen LogP contribution in [-0.2, 0) is 22.4 Å². The Hall–Kier alpha value is -2.81. The summed E-state index contributed by atoms with van der Waals surface area (Å²) in [4.78, 5) is 30.4. The number of amides is 2. The van der Waals surface area contributed by atoms with E-state index in [-0.39, 0.29) is 24.3 Å². The fraction of sp³-hybridized carbons (Fsp3) is 0.560. The van der Waals surface area contributed by atoms with Crippen molar-refractivity contribution < 1.29 is 9.59 Å². The molecule has 2 atom stereocenters. The minimum atomic E-state index is 0.0866. The molecule has 34 heavy (non-hydrogen) atoms. The maximum absolute atomic E-state index is 12.9. The standard InChI is InChI=1S/C25H32N6O2S/c1-17-8-3-5-12-29(17)22(32)15-19-10-7-11-20(14-19)24-28-31-21(26-27-25(31)34-24)16-23(33)30-13-6-4-9-18(30)2/h7,10-11,14,17-18H,3-6,8-9,12-13,15-16H2,1-2H3/t17-,18-/m1/s1. The fourth-order valence-electron chi connectivity index (χ4n) is 5.15. The van der Waals surface area contributed by atoms with Crippen molar-refractivity contribution in [3.8, 4) is 10.6 Å². The predicted octanol–water partition coefficient (Wildman–Crippen LogP) is 3.74. The van der Waals surface area contributed by atoms with Crippen LogP contribution in [0.3, 0.4) is 0 Å². The number of hydrogen-bond donors (Lipinski definition) is 0. The van der Waals surface area contributed by atoms with Gasteiger partial charge in [0.2, 0.25) is 16.8 Å². The van der Waals surface area contributed by atoms with Gasteiger partial charge in [0.25, 0.3) is 0 Å². The van der Waals surface area contributed by atoms with Crippen LogP contribution >= 0.6 is 11.3 Å². The molecule has 0 bridgehead atoms. The van der Waals surface area contributed by atoms with Gasteiger partial charge in [-0.25, -0.2) is 0 Å². The molecule has 2 aliphatic rings. The Morgan fingerprint density at radius 3 is 2.29 bits per heavy atom. The van der Waals surface area contributed by atoms with Crippen molar-refractivity contribution in [1.82, 2.24) is 29.6 Å². The molecule has 9 heteroatoms. The zero-order chi connectivity index (χ0) is 23.7. The summed E-state index contributed by atoms with van der Waals surface area (Å²) in [5, 5.41) is 14.0. The van der Waals surface area contributed by atoms with Crippen LogP contribution < -0.4 is 0 Å². The summed E-state index contributed by atoms with van der Waals surface area (Å²) in [6.45, 7) is 5.92. The van der Waals surface area contributed by atoms with Gasteiger partial charge in [-0.15, -0.1) is 10.2 Å². The first-order valence-electron chi connectivity index (χ1n) is 12.4.